The molecule has 0 aromatic heterocycles. The van der Waals surface area contributed by atoms with Crippen LogP contribution in [-0.4, -0.2) is 29.2 Å². The molecule has 0 atom stereocenters. The fourth-order valence-corrected chi connectivity index (χ4v) is 2.10. The molecular weight excluding hydrogens is 266 g/mol. The fourth-order valence-electron chi connectivity index (χ4n) is 1.67. The Morgan fingerprint density at radius 2 is 1.69 bits per heavy atom. The van der Waals surface area contributed by atoms with E-state index in [0.717, 1.165) is 44.1 Å². The van der Waals surface area contributed by atoms with Crippen LogP contribution in [0.3, 0.4) is 0 Å². The number of hydrogen-bond donors (Lipinski definition) is 0. The zero-order valence-corrected chi connectivity index (χ0v) is 12.4. The fraction of sp³-hybridized carbons (Fsp3) is 0.923. The van der Waals surface area contributed by atoms with Crippen molar-refractivity contribution in [3.8, 4) is 0 Å². The molecule has 16 heavy (non-hydrogen) atoms. The number of amides is 1. The number of halogens is 1. The summed E-state index contributed by atoms with van der Waals surface area (Å²) < 4.78 is 0. The van der Waals surface area contributed by atoms with Crippen LogP contribution in [0.4, 0.5) is 0 Å². The van der Waals surface area contributed by atoms with Crippen LogP contribution < -0.4 is 0 Å². The maximum absolute atomic E-state index is 11.9. The minimum atomic E-state index is 0.337. The second-order valence-electron chi connectivity index (χ2n) is 4.23. The molecule has 0 rings (SSSR count). The standard InChI is InChI=1S/C13H26BrNO/c1-3-5-7-8-9-13(16)15(12-10-14)11-6-4-2/h3-12H2,1-2H3. The highest BCUT2D eigenvalue weighted by Gasteiger charge is 2.11. The molecule has 0 radical (unpaired) electrons. The summed E-state index contributed by atoms with van der Waals surface area (Å²) in [5.41, 5.74) is 0. The summed E-state index contributed by atoms with van der Waals surface area (Å²) in [6.45, 7) is 6.14. The van der Waals surface area contributed by atoms with Gasteiger partial charge in [0.25, 0.3) is 0 Å². The lowest BCUT2D eigenvalue weighted by molar-refractivity contribution is -0.131. The van der Waals surface area contributed by atoms with E-state index >= 15 is 0 Å². The second-order valence-corrected chi connectivity index (χ2v) is 5.03. The molecule has 0 fully saturated rings. The van der Waals surface area contributed by atoms with Crippen molar-refractivity contribution in [2.24, 2.45) is 0 Å². The molecule has 0 spiro atoms. The molecule has 0 aromatic carbocycles. The summed E-state index contributed by atoms with van der Waals surface area (Å²) in [4.78, 5) is 13.9. The Bertz CT molecular complexity index is 173. The summed E-state index contributed by atoms with van der Waals surface area (Å²) in [6, 6.07) is 0. The van der Waals surface area contributed by atoms with Gasteiger partial charge in [-0.1, -0.05) is 55.5 Å². The molecule has 96 valence electrons. The highest BCUT2D eigenvalue weighted by Crippen LogP contribution is 2.06. The van der Waals surface area contributed by atoms with Gasteiger partial charge in [0.05, 0.1) is 0 Å². The lowest BCUT2D eigenvalue weighted by Gasteiger charge is -2.21. The highest BCUT2D eigenvalue weighted by atomic mass is 79.9. The van der Waals surface area contributed by atoms with Gasteiger partial charge in [-0.05, 0) is 12.8 Å². The number of nitrogens with zero attached hydrogens (tertiary/aromatic N) is 1. The molecule has 0 N–H and O–H groups in total. The highest BCUT2D eigenvalue weighted by molar-refractivity contribution is 9.09. The first kappa shape index (κ1) is 16.0. The molecule has 0 bridgehead atoms. The smallest absolute Gasteiger partial charge is 0.222 e. The van der Waals surface area contributed by atoms with Gasteiger partial charge < -0.3 is 4.90 Å². The summed E-state index contributed by atoms with van der Waals surface area (Å²) >= 11 is 3.41. The van der Waals surface area contributed by atoms with Crippen molar-refractivity contribution in [1.29, 1.82) is 0 Å². The molecule has 0 aliphatic heterocycles. The number of carbonyl (C=O) groups excluding carboxylic acids is 1. The van der Waals surface area contributed by atoms with Crippen molar-refractivity contribution in [3.05, 3.63) is 0 Å². The number of unbranched alkanes of at least 4 members (excludes halogenated alkanes) is 4. The molecular formula is C13H26BrNO. The first-order valence-corrected chi connectivity index (χ1v) is 7.72. The van der Waals surface area contributed by atoms with Crippen molar-refractivity contribution in [2.75, 3.05) is 18.4 Å². The van der Waals surface area contributed by atoms with Crippen LogP contribution in [0.2, 0.25) is 0 Å². The Labute approximate surface area is 109 Å². The average Bonchev–Trinajstić information content (AvgIpc) is 2.29. The lowest BCUT2D eigenvalue weighted by atomic mass is 10.1. The van der Waals surface area contributed by atoms with Gasteiger partial charge in [0.2, 0.25) is 5.91 Å². The largest absolute Gasteiger partial charge is 0.342 e. The normalized spacial score (nSPS) is 10.4. The predicted molar refractivity (Wildman–Crippen MR) is 74.0 cm³/mol. The zero-order chi connectivity index (χ0) is 12.2. The molecule has 0 heterocycles. The van der Waals surface area contributed by atoms with E-state index in [-0.39, 0.29) is 0 Å². The third kappa shape index (κ3) is 8.14. The van der Waals surface area contributed by atoms with E-state index in [2.05, 4.69) is 29.8 Å². The number of rotatable bonds is 10. The van der Waals surface area contributed by atoms with Crippen molar-refractivity contribution in [2.45, 2.75) is 58.8 Å². The molecule has 0 unspecified atom stereocenters. The van der Waals surface area contributed by atoms with Crippen molar-refractivity contribution in [1.82, 2.24) is 4.90 Å². The van der Waals surface area contributed by atoms with Crippen molar-refractivity contribution < 1.29 is 4.79 Å². The van der Waals surface area contributed by atoms with Crippen molar-refractivity contribution in [3.63, 3.8) is 0 Å². The van der Waals surface area contributed by atoms with Crippen molar-refractivity contribution >= 4 is 21.8 Å². The lowest BCUT2D eigenvalue weighted by Crippen LogP contribution is -2.33. The first-order valence-electron chi connectivity index (χ1n) is 6.60. The summed E-state index contributed by atoms with van der Waals surface area (Å²) in [6.07, 6.45) is 7.73. The molecule has 0 saturated heterocycles. The van der Waals surface area contributed by atoms with Crippen LogP contribution >= 0.6 is 15.9 Å². The van der Waals surface area contributed by atoms with Crippen LogP contribution in [-0.2, 0) is 4.79 Å². The summed E-state index contributed by atoms with van der Waals surface area (Å²) in [7, 11) is 0. The number of carbonyl (C=O) groups is 1. The summed E-state index contributed by atoms with van der Waals surface area (Å²) in [5.74, 6) is 0.337. The zero-order valence-electron chi connectivity index (χ0n) is 10.8. The third-order valence-electron chi connectivity index (χ3n) is 2.73. The van der Waals surface area contributed by atoms with Gasteiger partial charge >= 0.3 is 0 Å². The van der Waals surface area contributed by atoms with E-state index in [4.69, 9.17) is 0 Å². The second kappa shape index (κ2) is 11.4. The third-order valence-corrected chi connectivity index (χ3v) is 3.09. The molecule has 0 aliphatic carbocycles. The van der Waals surface area contributed by atoms with Gasteiger partial charge in [-0.15, -0.1) is 0 Å². The first-order chi connectivity index (χ1) is 7.76. The molecule has 2 nitrogen and oxygen atoms in total. The van der Waals surface area contributed by atoms with E-state index in [1.807, 2.05) is 4.90 Å². The van der Waals surface area contributed by atoms with E-state index in [1.165, 1.54) is 19.3 Å². The van der Waals surface area contributed by atoms with Crippen LogP contribution in [0.5, 0.6) is 0 Å². The van der Waals surface area contributed by atoms with E-state index in [0.29, 0.717) is 5.91 Å². The minimum absolute atomic E-state index is 0.337. The van der Waals surface area contributed by atoms with Crippen LogP contribution in [0.15, 0.2) is 0 Å². The van der Waals surface area contributed by atoms with Gasteiger partial charge in [-0.25, -0.2) is 0 Å². The average molecular weight is 292 g/mol. The van der Waals surface area contributed by atoms with Gasteiger partial charge in [-0.3, -0.25) is 4.79 Å². The van der Waals surface area contributed by atoms with E-state index < -0.39 is 0 Å². The van der Waals surface area contributed by atoms with Crippen LogP contribution in [0.1, 0.15) is 58.8 Å². The Kier molecular flexibility index (Phi) is 11.4. The molecule has 1 amide bonds. The van der Waals surface area contributed by atoms with E-state index in [1.54, 1.807) is 0 Å². The Morgan fingerprint density at radius 1 is 1.00 bits per heavy atom. The predicted octanol–water partition coefficient (Wildman–Crippen LogP) is 3.98. The van der Waals surface area contributed by atoms with Gasteiger partial charge in [0, 0.05) is 24.8 Å². The molecule has 0 aliphatic rings. The van der Waals surface area contributed by atoms with Gasteiger partial charge in [0.15, 0.2) is 0 Å². The van der Waals surface area contributed by atoms with E-state index in [9.17, 15) is 4.79 Å². The SMILES string of the molecule is CCCCCCC(=O)N(CCBr)CCCC. The maximum atomic E-state index is 11.9. The molecule has 3 heteroatoms. The Morgan fingerprint density at radius 3 is 2.25 bits per heavy atom. The Balaban J connectivity index is 3.77. The molecule has 0 aromatic rings. The van der Waals surface area contributed by atoms with Gasteiger partial charge in [0.1, 0.15) is 0 Å². The summed E-state index contributed by atoms with van der Waals surface area (Å²) in [5, 5.41) is 0.886. The number of alkyl halides is 1. The maximum Gasteiger partial charge on any atom is 0.222 e. The topological polar surface area (TPSA) is 20.3 Å². The van der Waals surface area contributed by atoms with Crippen LogP contribution in [0.25, 0.3) is 0 Å². The minimum Gasteiger partial charge on any atom is -0.342 e. The number of hydrogen-bond acceptors (Lipinski definition) is 1. The van der Waals surface area contributed by atoms with Gasteiger partial charge in [-0.2, -0.15) is 0 Å². The quantitative estimate of drug-likeness (QED) is 0.440. The Hall–Kier alpha value is -0.0500. The molecule has 0 saturated carbocycles. The monoisotopic (exact) mass is 291 g/mol. The van der Waals surface area contributed by atoms with Crippen LogP contribution in [0, 0.1) is 0 Å².